The lowest BCUT2D eigenvalue weighted by Gasteiger charge is -2.25. The monoisotopic (exact) mass is 271 g/mol. The number of halogens is 1. The highest BCUT2D eigenvalue weighted by Crippen LogP contribution is 2.30. The van der Waals surface area contributed by atoms with E-state index in [-0.39, 0.29) is 12.6 Å². The summed E-state index contributed by atoms with van der Waals surface area (Å²) in [6.07, 6.45) is 3.77. The van der Waals surface area contributed by atoms with E-state index in [0.29, 0.717) is 5.69 Å². The Morgan fingerprint density at radius 2 is 2.47 bits per heavy atom. The number of nitrogen functional groups attached to an aromatic ring is 1. The van der Waals surface area contributed by atoms with E-state index in [1.165, 1.54) is 0 Å². The summed E-state index contributed by atoms with van der Waals surface area (Å²) >= 11 is 3.45. The zero-order valence-corrected chi connectivity index (χ0v) is 9.94. The topological polar surface area (TPSA) is 62.4 Å². The summed E-state index contributed by atoms with van der Waals surface area (Å²) in [5, 5.41) is 9.23. The minimum Gasteiger partial charge on any atom is -0.397 e. The standard InChI is InChI=1S/C10H14BrN3O/c11-9-4-7(12)5-13-10(9)14-3-1-2-8(14)6-15/h4-5,8,15H,1-3,6,12H2. The predicted octanol–water partition coefficient (Wildman–Crippen LogP) is 1.39. The molecule has 0 saturated carbocycles. The quantitative estimate of drug-likeness (QED) is 0.854. The highest BCUT2D eigenvalue weighted by atomic mass is 79.9. The van der Waals surface area contributed by atoms with Crippen molar-refractivity contribution in [1.29, 1.82) is 0 Å². The number of nitrogens with two attached hydrogens (primary N) is 1. The summed E-state index contributed by atoms with van der Waals surface area (Å²) in [4.78, 5) is 6.43. The van der Waals surface area contributed by atoms with Gasteiger partial charge in [0.15, 0.2) is 0 Å². The van der Waals surface area contributed by atoms with Crippen LogP contribution in [0.15, 0.2) is 16.7 Å². The number of anilines is 2. The average molecular weight is 272 g/mol. The first-order chi connectivity index (χ1) is 7.22. The minimum absolute atomic E-state index is 0.179. The molecule has 2 rings (SSSR count). The van der Waals surface area contributed by atoms with E-state index in [4.69, 9.17) is 5.73 Å². The van der Waals surface area contributed by atoms with E-state index in [1.807, 2.05) is 6.07 Å². The molecule has 1 saturated heterocycles. The number of hydrogen-bond donors (Lipinski definition) is 2. The molecule has 82 valence electrons. The molecule has 15 heavy (non-hydrogen) atoms. The van der Waals surface area contributed by atoms with Gasteiger partial charge in [-0.1, -0.05) is 0 Å². The molecule has 5 heteroatoms. The van der Waals surface area contributed by atoms with E-state index in [9.17, 15) is 5.11 Å². The SMILES string of the molecule is Nc1cnc(N2CCCC2CO)c(Br)c1. The molecule has 0 spiro atoms. The summed E-state index contributed by atoms with van der Waals surface area (Å²) in [6, 6.07) is 2.03. The Bertz CT molecular complexity index is 359. The first-order valence-electron chi connectivity index (χ1n) is 5.01. The van der Waals surface area contributed by atoms with Crippen molar-refractivity contribution in [3.63, 3.8) is 0 Å². The summed E-state index contributed by atoms with van der Waals surface area (Å²) in [6.45, 7) is 1.12. The summed E-state index contributed by atoms with van der Waals surface area (Å²) in [5.41, 5.74) is 6.28. The molecule has 1 aliphatic heterocycles. The zero-order valence-electron chi connectivity index (χ0n) is 8.36. The van der Waals surface area contributed by atoms with Crippen molar-refractivity contribution < 1.29 is 5.11 Å². The Hall–Kier alpha value is -0.810. The fourth-order valence-corrected chi connectivity index (χ4v) is 2.56. The molecular formula is C10H14BrN3O. The second kappa shape index (κ2) is 4.37. The lowest BCUT2D eigenvalue weighted by atomic mass is 10.2. The van der Waals surface area contributed by atoms with E-state index < -0.39 is 0 Å². The summed E-state index contributed by atoms with van der Waals surface area (Å²) in [7, 11) is 0. The lowest BCUT2D eigenvalue weighted by molar-refractivity contribution is 0.266. The van der Waals surface area contributed by atoms with Gasteiger partial charge < -0.3 is 15.7 Å². The third kappa shape index (κ3) is 2.08. The van der Waals surface area contributed by atoms with E-state index >= 15 is 0 Å². The third-order valence-electron chi connectivity index (χ3n) is 2.70. The maximum absolute atomic E-state index is 9.23. The van der Waals surface area contributed by atoms with Crippen molar-refractivity contribution >= 4 is 27.4 Å². The van der Waals surface area contributed by atoms with Crippen molar-refractivity contribution in [3.8, 4) is 0 Å². The Morgan fingerprint density at radius 1 is 1.67 bits per heavy atom. The van der Waals surface area contributed by atoms with Crippen LogP contribution in [0, 0.1) is 0 Å². The number of hydrogen-bond acceptors (Lipinski definition) is 4. The van der Waals surface area contributed by atoms with Gasteiger partial charge >= 0.3 is 0 Å². The van der Waals surface area contributed by atoms with Gasteiger partial charge in [-0.2, -0.15) is 0 Å². The van der Waals surface area contributed by atoms with Crippen molar-refractivity contribution in [2.24, 2.45) is 0 Å². The van der Waals surface area contributed by atoms with Crippen LogP contribution in [0.3, 0.4) is 0 Å². The van der Waals surface area contributed by atoms with E-state index in [1.54, 1.807) is 6.20 Å². The van der Waals surface area contributed by atoms with Crippen LogP contribution >= 0.6 is 15.9 Å². The Balaban J connectivity index is 2.28. The van der Waals surface area contributed by atoms with Crippen LogP contribution in [0.5, 0.6) is 0 Å². The number of rotatable bonds is 2. The largest absolute Gasteiger partial charge is 0.397 e. The predicted molar refractivity (Wildman–Crippen MR) is 63.8 cm³/mol. The molecular weight excluding hydrogens is 258 g/mol. The van der Waals surface area contributed by atoms with Crippen LogP contribution in [-0.2, 0) is 0 Å². The molecule has 0 bridgehead atoms. The van der Waals surface area contributed by atoms with Crippen molar-refractivity contribution in [2.45, 2.75) is 18.9 Å². The molecule has 1 aromatic rings. The number of aliphatic hydroxyl groups excluding tert-OH is 1. The van der Waals surface area contributed by atoms with Gasteiger partial charge in [0, 0.05) is 6.54 Å². The summed E-state index contributed by atoms with van der Waals surface area (Å²) in [5.74, 6) is 0.876. The third-order valence-corrected chi connectivity index (χ3v) is 3.29. The van der Waals surface area contributed by atoms with Gasteiger partial charge in [0.25, 0.3) is 0 Å². The van der Waals surface area contributed by atoms with Gasteiger partial charge in [0.2, 0.25) is 0 Å². The molecule has 1 aliphatic rings. The highest BCUT2D eigenvalue weighted by Gasteiger charge is 2.26. The molecule has 1 unspecified atom stereocenters. The van der Waals surface area contributed by atoms with E-state index in [2.05, 4.69) is 25.8 Å². The number of aliphatic hydroxyl groups is 1. The zero-order chi connectivity index (χ0) is 10.8. The maximum Gasteiger partial charge on any atom is 0.143 e. The molecule has 0 aliphatic carbocycles. The average Bonchev–Trinajstić information content (AvgIpc) is 2.65. The van der Waals surface area contributed by atoms with Gasteiger partial charge in [-0.25, -0.2) is 4.98 Å². The maximum atomic E-state index is 9.23. The fourth-order valence-electron chi connectivity index (χ4n) is 1.96. The normalized spacial score (nSPS) is 20.9. The van der Waals surface area contributed by atoms with Gasteiger partial charge in [-0.15, -0.1) is 0 Å². The van der Waals surface area contributed by atoms with E-state index in [0.717, 1.165) is 29.7 Å². The van der Waals surface area contributed by atoms with Crippen LogP contribution < -0.4 is 10.6 Å². The van der Waals surface area contributed by atoms with Crippen LogP contribution in [0.25, 0.3) is 0 Å². The van der Waals surface area contributed by atoms with Crippen LogP contribution in [0.1, 0.15) is 12.8 Å². The minimum atomic E-state index is 0.179. The Kier molecular flexibility index (Phi) is 3.11. The van der Waals surface area contributed by atoms with Crippen LogP contribution in [-0.4, -0.2) is 29.3 Å². The highest BCUT2D eigenvalue weighted by molar-refractivity contribution is 9.10. The lowest BCUT2D eigenvalue weighted by Crippen LogP contribution is -2.32. The molecule has 4 nitrogen and oxygen atoms in total. The molecule has 0 aromatic carbocycles. The van der Waals surface area contributed by atoms with Gasteiger partial charge in [0.1, 0.15) is 5.82 Å². The first-order valence-corrected chi connectivity index (χ1v) is 5.80. The molecule has 2 heterocycles. The van der Waals surface area contributed by atoms with Gasteiger partial charge in [0.05, 0.1) is 29.0 Å². The Labute approximate surface area is 97.2 Å². The second-order valence-electron chi connectivity index (χ2n) is 3.75. The molecule has 3 N–H and O–H groups in total. The molecule has 1 aromatic heterocycles. The van der Waals surface area contributed by atoms with Gasteiger partial charge in [-0.05, 0) is 34.8 Å². The van der Waals surface area contributed by atoms with Crippen molar-refractivity contribution in [3.05, 3.63) is 16.7 Å². The molecule has 0 amide bonds. The smallest absolute Gasteiger partial charge is 0.143 e. The van der Waals surface area contributed by atoms with Crippen molar-refractivity contribution in [2.75, 3.05) is 23.8 Å². The number of aromatic nitrogens is 1. The van der Waals surface area contributed by atoms with Crippen LogP contribution in [0.2, 0.25) is 0 Å². The fraction of sp³-hybridized carbons (Fsp3) is 0.500. The van der Waals surface area contributed by atoms with Crippen LogP contribution in [0.4, 0.5) is 11.5 Å². The number of pyridine rings is 1. The second-order valence-corrected chi connectivity index (χ2v) is 4.60. The Morgan fingerprint density at radius 3 is 3.13 bits per heavy atom. The molecule has 1 atom stereocenters. The molecule has 0 radical (unpaired) electrons. The summed E-state index contributed by atoms with van der Waals surface area (Å²) < 4.78 is 0.892. The van der Waals surface area contributed by atoms with Gasteiger partial charge in [-0.3, -0.25) is 0 Å². The first kappa shape index (κ1) is 10.7. The van der Waals surface area contributed by atoms with Crippen molar-refractivity contribution in [1.82, 2.24) is 4.98 Å². The number of nitrogens with zero attached hydrogens (tertiary/aromatic N) is 2. The molecule has 1 fully saturated rings.